The first-order chi connectivity index (χ1) is 12.9. The molecule has 7 nitrogen and oxygen atoms in total. The van der Waals surface area contributed by atoms with Gasteiger partial charge in [-0.25, -0.2) is 9.18 Å². The van der Waals surface area contributed by atoms with Gasteiger partial charge in [-0.15, -0.1) is 0 Å². The Kier molecular flexibility index (Phi) is 4.60. The molecular formula is C18H24FN3O4S. The number of carbonyl (C=O) groups excluding carboxylic acids is 2. The van der Waals surface area contributed by atoms with Crippen molar-refractivity contribution in [3.8, 4) is 0 Å². The van der Waals surface area contributed by atoms with E-state index in [2.05, 4.69) is 10.6 Å². The van der Waals surface area contributed by atoms with Crippen molar-refractivity contribution in [1.82, 2.24) is 15.5 Å². The number of amides is 2. The number of nitrogens with one attached hydrogen (secondary N) is 2. The minimum atomic E-state index is -1.31. The summed E-state index contributed by atoms with van der Waals surface area (Å²) in [5, 5.41) is 15.7. The summed E-state index contributed by atoms with van der Waals surface area (Å²) in [6.45, 7) is 0.263. The number of thioether (sulfide) groups is 1. The molecule has 0 radical (unpaired) electrons. The third-order valence-corrected chi connectivity index (χ3v) is 6.92. The fourth-order valence-electron chi connectivity index (χ4n) is 4.93. The average Bonchev–Trinajstić information content (AvgIpc) is 3.44. The molecule has 148 valence electrons. The number of halogens is 1. The van der Waals surface area contributed by atoms with Crippen molar-refractivity contribution in [2.45, 2.75) is 49.7 Å². The quantitative estimate of drug-likeness (QED) is 0.665. The number of carbonyl (C=O) groups is 3. The number of likely N-dealkylation sites (tertiary alicyclic amines) is 1. The highest BCUT2D eigenvalue weighted by molar-refractivity contribution is 7.98. The number of carboxylic acid groups (broad SMARTS) is 1. The standard InChI is InChI=1S/C18H24FN3O4S/c1-27-5-4-12-16(24)21-18-7-10(9-2-3-9)8-22(17(25)26)15(18)13(23)6-11(19)14(18)20-12/h9-10,12,15,20H,2-8H2,1H3,(H,21,24)(H,25,26). The maximum absolute atomic E-state index is 14.9. The highest BCUT2D eigenvalue weighted by Gasteiger charge is 2.62. The molecule has 0 aromatic carbocycles. The van der Waals surface area contributed by atoms with E-state index in [0.29, 0.717) is 18.8 Å². The Balaban J connectivity index is 1.75. The summed E-state index contributed by atoms with van der Waals surface area (Å²) in [7, 11) is 0. The van der Waals surface area contributed by atoms with E-state index in [1.165, 1.54) is 0 Å². The molecule has 9 heteroatoms. The molecular weight excluding hydrogens is 373 g/mol. The Bertz CT molecular complexity index is 725. The van der Waals surface area contributed by atoms with Crippen LogP contribution in [-0.2, 0) is 9.59 Å². The van der Waals surface area contributed by atoms with Crippen molar-refractivity contribution in [1.29, 1.82) is 0 Å². The van der Waals surface area contributed by atoms with Crippen molar-refractivity contribution in [2.75, 3.05) is 18.6 Å². The minimum absolute atomic E-state index is 0.0101. The number of ketones is 1. The number of piperazine rings is 1. The molecule has 27 heavy (non-hydrogen) atoms. The van der Waals surface area contributed by atoms with Gasteiger partial charge in [-0.1, -0.05) is 0 Å². The van der Waals surface area contributed by atoms with Crippen molar-refractivity contribution in [3.05, 3.63) is 11.5 Å². The van der Waals surface area contributed by atoms with E-state index in [4.69, 9.17) is 0 Å². The molecule has 4 rings (SSSR count). The molecule has 3 N–H and O–H groups in total. The van der Waals surface area contributed by atoms with E-state index in [0.717, 1.165) is 23.5 Å². The molecule has 2 aliphatic heterocycles. The van der Waals surface area contributed by atoms with Crippen LogP contribution in [0.1, 0.15) is 32.1 Å². The van der Waals surface area contributed by atoms with Crippen LogP contribution in [0.15, 0.2) is 11.5 Å². The Morgan fingerprint density at radius 3 is 2.74 bits per heavy atom. The van der Waals surface area contributed by atoms with Crippen LogP contribution in [-0.4, -0.2) is 64.0 Å². The second kappa shape index (κ2) is 6.68. The molecule has 4 unspecified atom stereocenters. The molecule has 1 spiro atoms. The smallest absolute Gasteiger partial charge is 0.408 e. The van der Waals surface area contributed by atoms with E-state index < -0.39 is 41.7 Å². The van der Waals surface area contributed by atoms with E-state index in [9.17, 15) is 23.9 Å². The van der Waals surface area contributed by atoms with Gasteiger partial charge in [0.05, 0.1) is 12.1 Å². The summed E-state index contributed by atoms with van der Waals surface area (Å²) < 4.78 is 14.9. The van der Waals surface area contributed by atoms with Crippen LogP contribution in [0.2, 0.25) is 0 Å². The molecule has 3 fully saturated rings. The highest BCUT2D eigenvalue weighted by Crippen LogP contribution is 2.50. The summed E-state index contributed by atoms with van der Waals surface area (Å²) in [5.74, 6) is -0.237. The van der Waals surface area contributed by atoms with Crippen LogP contribution in [0.4, 0.5) is 9.18 Å². The van der Waals surface area contributed by atoms with E-state index in [1.54, 1.807) is 11.8 Å². The van der Waals surface area contributed by atoms with Gasteiger partial charge in [-0.2, -0.15) is 11.8 Å². The van der Waals surface area contributed by atoms with Crippen LogP contribution in [0, 0.1) is 11.8 Å². The predicted molar refractivity (Wildman–Crippen MR) is 97.9 cm³/mol. The molecule has 4 aliphatic rings. The topological polar surface area (TPSA) is 98.7 Å². The van der Waals surface area contributed by atoms with Crippen LogP contribution >= 0.6 is 11.8 Å². The molecule has 4 atom stereocenters. The van der Waals surface area contributed by atoms with Gasteiger partial charge in [0.15, 0.2) is 5.78 Å². The van der Waals surface area contributed by atoms with Crippen LogP contribution in [0.25, 0.3) is 0 Å². The van der Waals surface area contributed by atoms with Crippen molar-refractivity contribution in [2.24, 2.45) is 11.8 Å². The van der Waals surface area contributed by atoms with E-state index in [1.807, 2.05) is 6.26 Å². The van der Waals surface area contributed by atoms with Crippen molar-refractivity contribution >= 4 is 29.5 Å². The first kappa shape index (κ1) is 18.6. The number of nitrogens with zero attached hydrogens (tertiary/aromatic N) is 1. The monoisotopic (exact) mass is 397 g/mol. The lowest BCUT2D eigenvalue weighted by molar-refractivity contribution is -0.136. The molecule has 0 aromatic heterocycles. The number of hydrogen-bond acceptors (Lipinski definition) is 5. The van der Waals surface area contributed by atoms with Gasteiger partial charge in [-0.05, 0) is 49.5 Å². The largest absolute Gasteiger partial charge is 0.465 e. The van der Waals surface area contributed by atoms with Gasteiger partial charge in [-0.3, -0.25) is 14.5 Å². The lowest BCUT2D eigenvalue weighted by Gasteiger charge is -2.56. The highest BCUT2D eigenvalue weighted by atomic mass is 32.2. The third kappa shape index (κ3) is 2.99. The predicted octanol–water partition coefficient (Wildman–Crippen LogP) is 1.50. The summed E-state index contributed by atoms with van der Waals surface area (Å²) >= 11 is 1.60. The fraction of sp³-hybridized carbons (Fsp3) is 0.722. The maximum atomic E-state index is 14.9. The Morgan fingerprint density at radius 2 is 2.11 bits per heavy atom. The molecule has 2 amide bonds. The van der Waals surface area contributed by atoms with Crippen molar-refractivity contribution < 1.29 is 23.9 Å². The van der Waals surface area contributed by atoms with Gasteiger partial charge in [0, 0.05) is 6.54 Å². The molecule has 0 aromatic rings. The van der Waals surface area contributed by atoms with E-state index in [-0.39, 0.29) is 24.1 Å². The first-order valence-electron chi connectivity index (χ1n) is 9.36. The SMILES string of the molecule is CSCCC1NC2=C(F)CC(=O)C3N(C(=O)O)CC(C4CC4)CC23NC1=O. The van der Waals surface area contributed by atoms with Gasteiger partial charge >= 0.3 is 6.09 Å². The zero-order chi connectivity index (χ0) is 19.3. The Morgan fingerprint density at radius 1 is 1.37 bits per heavy atom. The summed E-state index contributed by atoms with van der Waals surface area (Å²) in [6, 6.07) is -1.64. The molecule has 1 saturated carbocycles. The van der Waals surface area contributed by atoms with Crippen LogP contribution in [0.3, 0.4) is 0 Å². The zero-order valence-corrected chi connectivity index (χ0v) is 16.0. The second-order valence-corrected chi connectivity index (χ2v) is 8.99. The van der Waals surface area contributed by atoms with Gasteiger partial charge < -0.3 is 15.7 Å². The number of piperidine rings is 1. The minimum Gasteiger partial charge on any atom is -0.465 e. The molecule has 2 aliphatic carbocycles. The van der Waals surface area contributed by atoms with Gasteiger partial charge in [0.25, 0.3) is 0 Å². The first-order valence-corrected chi connectivity index (χ1v) is 10.8. The maximum Gasteiger partial charge on any atom is 0.408 e. The molecule has 2 heterocycles. The summed E-state index contributed by atoms with van der Waals surface area (Å²) in [6.07, 6.45) is 3.25. The van der Waals surface area contributed by atoms with E-state index >= 15 is 0 Å². The number of rotatable bonds is 4. The lowest BCUT2D eigenvalue weighted by Crippen LogP contribution is -2.78. The van der Waals surface area contributed by atoms with Crippen molar-refractivity contribution in [3.63, 3.8) is 0 Å². The summed E-state index contributed by atoms with van der Waals surface area (Å²) in [5.41, 5.74) is -1.09. The van der Waals surface area contributed by atoms with Crippen LogP contribution in [0.5, 0.6) is 0 Å². The average molecular weight is 397 g/mol. The third-order valence-electron chi connectivity index (χ3n) is 6.27. The lowest BCUT2D eigenvalue weighted by atomic mass is 9.67. The Labute approximate surface area is 161 Å². The zero-order valence-electron chi connectivity index (χ0n) is 15.2. The Hall–Kier alpha value is -1.77. The van der Waals surface area contributed by atoms with Gasteiger partial charge in [0.2, 0.25) is 5.91 Å². The number of hydrogen-bond donors (Lipinski definition) is 3. The summed E-state index contributed by atoms with van der Waals surface area (Å²) in [4.78, 5) is 38.5. The number of Topliss-reactive ketones (excluding diaryl/α,β-unsaturated/α-hetero) is 1. The molecule has 0 bridgehead atoms. The number of allylic oxidation sites excluding steroid dienone is 1. The second-order valence-electron chi connectivity index (χ2n) is 8.00. The van der Waals surface area contributed by atoms with Gasteiger partial charge in [0.1, 0.15) is 23.4 Å². The fourth-order valence-corrected chi connectivity index (χ4v) is 5.40. The van der Waals surface area contributed by atoms with Crippen LogP contribution < -0.4 is 10.6 Å². The normalized spacial score (nSPS) is 35.9. The molecule has 2 saturated heterocycles.